The van der Waals surface area contributed by atoms with Gasteiger partial charge in [0, 0.05) is 24.3 Å². The molecule has 0 saturated heterocycles. The number of anilines is 1. The predicted molar refractivity (Wildman–Crippen MR) is 108 cm³/mol. The summed E-state index contributed by atoms with van der Waals surface area (Å²) in [6.07, 6.45) is 3.69. The highest BCUT2D eigenvalue weighted by molar-refractivity contribution is 5.94. The summed E-state index contributed by atoms with van der Waals surface area (Å²) in [6, 6.07) is 12.4. The first-order valence-electron chi connectivity index (χ1n) is 9.41. The molecule has 0 bridgehead atoms. The fraction of sp³-hybridized carbons (Fsp3) is 0.273. The van der Waals surface area contributed by atoms with Gasteiger partial charge in [0.05, 0.1) is 19.8 Å². The molecule has 0 unspecified atom stereocenters. The van der Waals surface area contributed by atoms with Gasteiger partial charge < -0.3 is 24.3 Å². The largest absolute Gasteiger partial charge is 0.494 e. The lowest BCUT2D eigenvalue weighted by molar-refractivity contribution is -0.142. The second kappa shape index (κ2) is 10.2. The highest BCUT2D eigenvalue weighted by Gasteiger charge is 2.12. The number of esters is 1. The summed E-state index contributed by atoms with van der Waals surface area (Å²) < 4.78 is 21.5. The number of hydrogen-bond acceptors (Lipinski definition) is 6. The van der Waals surface area contributed by atoms with Gasteiger partial charge >= 0.3 is 5.97 Å². The van der Waals surface area contributed by atoms with Crippen molar-refractivity contribution in [3.8, 4) is 17.2 Å². The van der Waals surface area contributed by atoms with E-state index >= 15 is 0 Å². The van der Waals surface area contributed by atoms with Gasteiger partial charge in [0.1, 0.15) is 5.75 Å². The van der Waals surface area contributed by atoms with Crippen LogP contribution in [0, 0.1) is 0 Å². The van der Waals surface area contributed by atoms with Crippen LogP contribution >= 0.6 is 0 Å². The Morgan fingerprint density at radius 2 is 1.83 bits per heavy atom. The molecule has 0 aromatic heterocycles. The SMILES string of the molecule is CCOc1ccc(/C=C/C(=O)OCC(=O)Nc2ccc3c(c2)OCCCO3)cc1. The van der Waals surface area contributed by atoms with Crippen LogP contribution in [0.4, 0.5) is 5.69 Å². The Morgan fingerprint density at radius 3 is 2.59 bits per heavy atom. The van der Waals surface area contributed by atoms with Gasteiger partial charge in [0.2, 0.25) is 0 Å². The van der Waals surface area contributed by atoms with Gasteiger partial charge in [0.15, 0.2) is 18.1 Å². The smallest absolute Gasteiger partial charge is 0.331 e. The van der Waals surface area contributed by atoms with Crippen LogP contribution in [0.3, 0.4) is 0 Å². The Labute approximate surface area is 169 Å². The van der Waals surface area contributed by atoms with E-state index in [9.17, 15) is 9.59 Å². The van der Waals surface area contributed by atoms with Gasteiger partial charge in [-0.15, -0.1) is 0 Å². The summed E-state index contributed by atoms with van der Waals surface area (Å²) in [5.74, 6) is 0.940. The lowest BCUT2D eigenvalue weighted by atomic mass is 10.2. The quantitative estimate of drug-likeness (QED) is 0.569. The van der Waals surface area contributed by atoms with Gasteiger partial charge in [-0.1, -0.05) is 12.1 Å². The zero-order chi connectivity index (χ0) is 20.5. The van der Waals surface area contributed by atoms with Gasteiger partial charge in [-0.25, -0.2) is 4.79 Å². The maximum atomic E-state index is 12.0. The van der Waals surface area contributed by atoms with E-state index in [0.29, 0.717) is 37.0 Å². The molecular weight excluding hydrogens is 374 g/mol. The molecule has 7 nitrogen and oxygen atoms in total. The van der Waals surface area contributed by atoms with Gasteiger partial charge in [-0.2, -0.15) is 0 Å². The molecule has 0 fully saturated rings. The molecule has 152 valence electrons. The van der Waals surface area contributed by atoms with E-state index in [-0.39, 0.29) is 6.61 Å². The molecule has 2 aromatic carbocycles. The molecule has 0 spiro atoms. The summed E-state index contributed by atoms with van der Waals surface area (Å²) in [7, 11) is 0. The maximum absolute atomic E-state index is 12.0. The van der Waals surface area contributed by atoms with Crippen LogP contribution in [-0.2, 0) is 14.3 Å². The standard InChI is InChI=1S/C22H23NO6/c1-2-26-18-8-4-16(5-9-18)6-11-22(25)29-15-21(24)23-17-7-10-19-20(14-17)28-13-3-12-27-19/h4-11,14H,2-3,12-13,15H2,1H3,(H,23,24)/b11-6+. The summed E-state index contributed by atoms with van der Waals surface area (Å²) in [5, 5.41) is 2.67. The molecule has 3 rings (SSSR count). The molecule has 1 heterocycles. The minimum Gasteiger partial charge on any atom is -0.494 e. The zero-order valence-electron chi connectivity index (χ0n) is 16.2. The molecule has 1 N–H and O–H groups in total. The molecule has 0 aliphatic carbocycles. The molecule has 1 aliphatic rings. The van der Waals surface area contributed by atoms with E-state index in [2.05, 4.69) is 5.32 Å². The van der Waals surface area contributed by atoms with Gasteiger partial charge in [0.25, 0.3) is 5.91 Å². The predicted octanol–water partition coefficient (Wildman–Crippen LogP) is 3.44. The van der Waals surface area contributed by atoms with Gasteiger partial charge in [-0.3, -0.25) is 4.79 Å². The Kier molecular flexibility index (Phi) is 7.10. The third kappa shape index (κ3) is 6.27. The van der Waals surface area contributed by atoms with Crippen LogP contribution in [0.1, 0.15) is 18.9 Å². The van der Waals surface area contributed by atoms with Crippen LogP contribution in [0.2, 0.25) is 0 Å². The zero-order valence-corrected chi connectivity index (χ0v) is 16.2. The average molecular weight is 397 g/mol. The number of rotatable bonds is 7. The number of ether oxygens (including phenoxy) is 4. The molecule has 0 saturated carbocycles. The number of hydrogen-bond donors (Lipinski definition) is 1. The van der Waals surface area contributed by atoms with Crippen molar-refractivity contribution < 1.29 is 28.5 Å². The van der Waals surface area contributed by atoms with Crippen LogP contribution in [0.5, 0.6) is 17.2 Å². The van der Waals surface area contributed by atoms with E-state index in [1.54, 1.807) is 24.3 Å². The van der Waals surface area contributed by atoms with E-state index < -0.39 is 11.9 Å². The van der Waals surface area contributed by atoms with Crippen molar-refractivity contribution in [2.24, 2.45) is 0 Å². The molecular formula is C22H23NO6. The highest BCUT2D eigenvalue weighted by atomic mass is 16.5. The van der Waals surface area contributed by atoms with E-state index in [1.165, 1.54) is 6.08 Å². The Morgan fingerprint density at radius 1 is 1.07 bits per heavy atom. The van der Waals surface area contributed by atoms with Crippen molar-refractivity contribution in [1.82, 2.24) is 0 Å². The highest BCUT2D eigenvalue weighted by Crippen LogP contribution is 2.32. The first kappa shape index (κ1) is 20.3. The molecule has 1 amide bonds. The lowest BCUT2D eigenvalue weighted by Gasteiger charge is -2.10. The molecule has 0 radical (unpaired) electrons. The number of benzene rings is 2. The molecule has 7 heteroatoms. The number of nitrogens with one attached hydrogen (secondary N) is 1. The molecule has 1 aliphatic heterocycles. The summed E-state index contributed by atoms with van der Waals surface area (Å²) >= 11 is 0. The van der Waals surface area contributed by atoms with E-state index in [0.717, 1.165) is 17.7 Å². The third-order valence-corrected chi connectivity index (χ3v) is 3.98. The van der Waals surface area contributed by atoms with Crippen LogP contribution < -0.4 is 19.5 Å². The van der Waals surface area contributed by atoms with E-state index in [4.69, 9.17) is 18.9 Å². The Hall–Kier alpha value is -3.48. The average Bonchev–Trinajstić information content (AvgIpc) is 2.97. The van der Waals surface area contributed by atoms with E-state index in [1.807, 2.05) is 31.2 Å². The van der Waals surface area contributed by atoms with Crippen molar-refractivity contribution in [3.05, 3.63) is 54.1 Å². The molecule has 2 aromatic rings. The van der Waals surface area contributed by atoms with Crippen molar-refractivity contribution in [3.63, 3.8) is 0 Å². The van der Waals surface area contributed by atoms with Gasteiger partial charge in [-0.05, 0) is 42.8 Å². The molecule has 29 heavy (non-hydrogen) atoms. The first-order valence-corrected chi connectivity index (χ1v) is 9.41. The Bertz CT molecular complexity index is 875. The topological polar surface area (TPSA) is 83.1 Å². The summed E-state index contributed by atoms with van der Waals surface area (Å²) in [6.45, 7) is 3.27. The van der Waals surface area contributed by atoms with Crippen molar-refractivity contribution >= 4 is 23.6 Å². The number of fused-ring (bicyclic) bond motifs is 1. The van der Waals surface area contributed by atoms with Crippen molar-refractivity contribution in [2.75, 3.05) is 31.7 Å². The Balaban J connectivity index is 1.46. The number of carbonyl (C=O) groups is 2. The molecule has 0 atom stereocenters. The fourth-order valence-corrected chi connectivity index (χ4v) is 2.63. The third-order valence-electron chi connectivity index (χ3n) is 3.98. The number of amides is 1. The second-order valence-corrected chi connectivity index (χ2v) is 6.20. The van der Waals surface area contributed by atoms with Crippen molar-refractivity contribution in [1.29, 1.82) is 0 Å². The minimum atomic E-state index is -0.604. The van der Waals surface area contributed by atoms with Crippen LogP contribution in [-0.4, -0.2) is 38.3 Å². The summed E-state index contributed by atoms with van der Waals surface area (Å²) in [5.41, 5.74) is 1.36. The van der Waals surface area contributed by atoms with Crippen molar-refractivity contribution in [2.45, 2.75) is 13.3 Å². The van der Waals surface area contributed by atoms with Crippen LogP contribution in [0.25, 0.3) is 6.08 Å². The number of carbonyl (C=O) groups excluding carboxylic acids is 2. The maximum Gasteiger partial charge on any atom is 0.331 e. The monoisotopic (exact) mass is 397 g/mol. The first-order chi connectivity index (χ1) is 14.1. The van der Waals surface area contributed by atoms with Crippen LogP contribution in [0.15, 0.2) is 48.5 Å². The minimum absolute atomic E-state index is 0.388. The normalized spacial score (nSPS) is 12.9. The lowest BCUT2D eigenvalue weighted by Crippen LogP contribution is -2.20. The fourth-order valence-electron chi connectivity index (χ4n) is 2.63. The second-order valence-electron chi connectivity index (χ2n) is 6.20. The summed E-state index contributed by atoms with van der Waals surface area (Å²) in [4.78, 5) is 23.8.